The maximum absolute atomic E-state index is 12.7. The van der Waals surface area contributed by atoms with Gasteiger partial charge >= 0.3 is 5.97 Å². The average Bonchev–Trinajstić information content (AvgIpc) is 3.20. The van der Waals surface area contributed by atoms with Gasteiger partial charge in [-0.25, -0.2) is 4.79 Å². The normalized spacial score (nSPS) is 31.3. The first-order valence-corrected chi connectivity index (χ1v) is 8.41. The van der Waals surface area contributed by atoms with E-state index in [0.717, 1.165) is 31.2 Å². The van der Waals surface area contributed by atoms with Crippen molar-refractivity contribution in [2.24, 2.45) is 0 Å². The molecule has 124 valence electrons. The fraction of sp³-hybridized carbons (Fsp3) is 0.526. The van der Waals surface area contributed by atoms with Gasteiger partial charge in [0, 0.05) is 12.0 Å². The molecule has 2 aliphatic heterocycles. The number of benzene rings is 1. The summed E-state index contributed by atoms with van der Waals surface area (Å²) in [5.41, 5.74) is 1.30. The first-order valence-electron chi connectivity index (χ1n) is 8.41. The summed E-state index contributed by atoms with van der Waals surface area (Å²) in [4.78, 5) is 18.7. The molecule has 0 saturated carbocycles. The molecule has 3 rings (SSSR count). The van der Waals surface area contributed by atoms with E-state index in [-0.39, 0.29) is 5.97 Å². The van der Waals surface area contributed by atoms with Crippen molar-refractivity contribution in [1.82, 2.24) is 5.06 Å². The molecular weight excluding hydrogens is 290 g/mol. The molecule has 2 fully saturated rings. The fourth-order valence-corrected chi connectivity index (χ4v) is 3.58. The van der Waals surface area contributed by atoms with Crippen LogP contribution in [0.2, 0.25) is 0 Å². The van der Waals surface area contributed by atoms with Gasteiger partial charge < -0.3 is 4.74 Å². The van der Waals surface area contributed by atoms with Crippen molar-refractivity contribution in [3.8, 4) is 0 Å². The molecule has 0 N–H and O–H groups in total. The number of hydrogen-bond donors (Lipinski definition) is 0. The molecule has 23 heavy (non-hydrogen) atoms. The first-order chi connectivity index (χ1) is 11.0. The smallest absolute Gasteiger partial charge is 0.329 e. The predicted molar refractivity (Wildman–Crippen MR) is 88.3 cm³/mol. The van der Waals surface area contributed by atoms with Crippen LogP contribution < -0.4 is 0 Å². The van der Waals surface area contributed by atoms with Gasteiger partial charge in [-0.3, -0.25) is 4.84 Å². The maximum atomic E-state index is 12.7. The lowest BCUT2D eigenvalue weighted by Crippen LogP contribution is -2.45. The van der Waals surface area contributed by atoms with Crippen LogP contribution in [0.3, 0.4) is 0 Å². The van der Waals surface area contributed by atoms with E-state index in [4.69, 9.17) is 9.57 Å². The van der Waals surface area contributed by atoms with Gasteiger partial charge in [-0.2, -0.15) is 0 Å². The Kier molecular flexibility index (Phi) is 4.30. The van der Waals surface area contributed by atoms with Gasteiger partial charge in [0.25, 0.3) is 0 Å². The largest absolute Gasteiger partial charge is 0.465 e. The number of nitrogens with zero attached hydrogens (tertiary/aromatic N) is 1. The number of carbonyl (C=O) groups excluding carboxylic acids is 1. The molecule has 0 aromatic heterocycles. The Morgan fingerprint density at radius 2 is 2.04 bits per heavy atom. The van der Waals surface area contributed by atoms with Crippen LogP contribution in [-0.2, 0) is 20.1 Å². The summed E-state index contributed by atoms with van der Waals surface area (Å²) in [6.45, 7) is 6.40. The summed E-state index contributed by atoms with van der Waals surface area (Å²) < 4.78 is 5.38. The number of ether oxygens (including phenoxy) is 1. The number of hydroxylamine groups is 2. The number of esters is 1. The molecule has 1 unspecified atom stereocenters. The van der Waals surface area contributed by atoms with Crippen molar-refractivity contribution in [3.05, 3.63) is 47.5 Å². The lowest BCUT2D eigenvalue weighted by atomic mass is 9.90. The van der Waals surface area contributed by atoms with Gasteiger partial charge in [-0.05, 0) is 40.0 Å². The molecule has 2 saturated heterocycles. The van der Waals surface area contributed by atoms with E-state index in [1.807, 2.05) is 30.2 Å². The Balaban J connectivity index is 1.84. The molecule has 2 heterocycles. The van der Waals surface area contributed by atoms with Crippen LogP contribution in [0.5, 0.6) is 0 Å². The quantitative estimate of drug-likeness (QED) is 0.453. The summed E-state index contributed by atoms with van der Waals surface area (Å²) in [5, 5.41) is 1.90. The molecule has 0 aliphatic carbocycles. The molecule has 1 aromatic carbocycles. The topological polar surface area (TPSA) is 41.8 Å². The Labute approximate surface area is 138 Å². The highest BCUT2D eigenvalue weighted by atomic mass is 16.9. The van der Waals surface area contributed by atoms with Crippen molar-refractivity contribution in [2.75, 3.05) is 6.61 Å². The van der Waals surface area contributed by atoms with E-state index in [1.165, 1.54) is 5.57 Å². The summed E-state index contributed by atoms with van der Waals surface area (Å²) in [7, 11) is 0. The minimum Gasteiger partial charge on any atom is -0.465 e. The lowest BCUT2D eigenvalue weighted by molar-refractivity contribution is -0.159. The van der Waals surface area contributed by atoms with Gasteiger partial charge in [-0.1, -0.05) is 42.0 Å². The fourth-order valence-electron chi connectivity index (χ4n) is 3.58. The van der Waals surface area contributed by atoms with Crippen molar-refractivity contribution in [2.45, 2.75) is 57.7 Å². The summed E-state index contributed by atoms with van der Waals surface area (Å²) in [6.07, 6.45) is 5.35. The molecule has 2 aliphatic rings. The molecule has 0 bridgehead atoms. The maximum Gasteiger partial charge on any atom is 0.329 e. The van der Waals surface area contributed by atoms with Crippen LogP contribution in [0, 0.1) is 0 Å². The molecule has 0 amide bonds. The van der Waals surface area contributed by atoms with Crippen molar-refractivity contribution in [3.63, 3.8) is 0 Å². The van der Waals surface area contributed by atoms with Gasteiger partial charge in [0.2, 0.25) is 0 Å². The molecule has 4 heteroatoms. The zero-order valence-corrected chi connectivity index (χ0v) is 14.2. The van der Waals surface area contributed by atoms with Crippen molar-refractivity contribution < 1.29 is 14.4 Å². The third kappa shape index (κ3) is 2.70. The minimum absolute atomic E-state index is 0.155. The molecule has 3 atom stereocenters. The molecule has 4 nitrogen and oxygen atoms in total. The lowest BCUT2D eigenvalue weighted by Gasteiger charge is -2.27. The highest BCUT2D eigenvalue weighted by Crippen LogP contribution is 2.61. The van der Waals surface area contributed by atoms with Crippen LogP contribution in [0.4, 0.5) is 0 Å². The minimum atomic E-state index is -0.655. The summed E-state index contributed by atoms with van der Waals surface area (Å²) in [5.74, 6) is -0.155. The predicted octanol–water partition coefficient (Wildman–Crippen LogP) is 3.93. The SMILES string of the molecule is CCOC(=O)[C@]1(CCC=C(C)C)CC[C@@]2(c3ccccc3)ON12. The molecule has 0 radical (unpaired) electrons. The first kappa shape index (κ1) is 16.2. The number of carbonyl (C=O) groups is 1. The molecule has 0 spiro atoms. The second-order valence-electron chi connectivity index (χ2n) is 6.61. The number of rotatable bonds is 6. The van der Waals surface area contributed by atoms with E-state index in [9.17, 15) is 4.79 Å². The molecular formula is C19H25NO3. The zero-order valence-electron chi connectivity index (χ0n) is 14.2. The summed E-state index contributed by atoms with van der Waals surface area (Å²) >= 11 is 0. The van der Waals surface area contributed by atoms with Crippen LogP contribution in [-0.4, -0.2) is 23.2 Å². The van der Waals surface area contributed by atoms with Crippen molar-refractivity contribution >= 4 is 5.97 Å². The third-order valence-corrected chi connectivity index (χ3v) is 4.79. The molecule has 1 aromatic rings. The van der Waals surface area contributed by atoms with Gasteiger partial charge in [0.1, 0.15) is 5.54 Å². The van der Waals surface area contributed by atoms with Crippen LogP contribution in [0.15, 0.2) is 42.0 Å². The standard InChI is InChI=1S/C19H25NO3/c1-4-22-17(21)18(12-8-9-15(2)3)13-14-19(20(18)23-19)16-10-6-5-7-11-16/h5-7,9-11H,4,8,12-14H2,1-3H3/t18-,19-,20?/m0/s1. The Bertz CT molecular complexity index is 608. The van der Waals surface area contributed by atoms with E-state index < -0.39 is 11.3 Å². The Morgan fingerprint density at radius 3 is 2.65 bits per heavy atom. The second-order valence-corrected chi connectivity index (χ2v) is 6.61. The third-order valence-electron chi connectivity index (χ3n) is 4.79. The zero-order chi connectivity index (χ0) is 16.5. The second kappa shape index (κ2) is 6.10. The van der Waals surface area contributed by atoms with Gasteiger partial charge in [-0.15, -0.1) is 5.06 Å². The number of fused-ring (bicyclic) bond motifs is 1. The van der Waals surface area contributed by atoms with E-state index in [2.05, 4.69) is 32.1 Å². The van der Waals surface area contributed by atoms with E-state index in [0.29, 0.717) is 6.61 Å². The van der Waals surface area contributed by atoms with Gasteiger partial charge in [0.05, 0.1) is 6.61 Å². The Hall–Kier alpha value is -1.65. The van der Waals surface area contributed by atoms with Crippen LogP contribution in [0.1, 0.15) is 52.0 Å². The van der Waals surface area contributed by atoms with Crippen LogP contribution >= 0.6 is 0 Å². The van der Waals surface area contributed by atoms with Gasteiger partial charge in [0.15, 0.2) is 5.72 Å². The van der Waals surface area contributed by atoms with E-state index >= 15 is 0 Å². The number of allylic oxidation sites excluding steroid dienone is 2. The average molecular weight is 315 g/mol. The highest BCUT2D eigenvalue weighted by molar-refractivity contribution is 5.82. The number of hydrogen-bond acceptors (Lipinski definition) is 4. The monoisotopic (exact) mass is 315 g/mol. The highest BCUT2D eigenvalue weighted by Gasteiger charge is 2.73. The Morgan fingerprint density at radius 1 is 1.30 bits per heavy atom. The van der Waals surface area contributed by atoms with Crippen LogP contribution in [0.25, 0.3) is 0 Å². The summed E-state index contributed by atoms with van der Waals surface area (Å²) in [6, 6.07) is 10.2. The van der Waals surface area contributed by atoms with E-state index in [1.54, 1.807) is 0 Å². The van der Waals surface area contributed by atoms with Crippen molar-refractivity contribution in [1.29, 1.82) is 0 Å².